The lowest BCUT2D eigenvalue weighted by atomic mass is 9.87. The van der Waals surface area contributed by atoms with Crippen molar-refractivity contribution in [1.82, 2.24) is 5.43 Å². The summed E-state index contributed by atoms with van der Waals surface area (Å²) in [4.78, 5) is 12.5. The number of nitrogens with one attached hydrogen (secondary N) is 1. The van der Waals surface area contributed by atoms with Crippen LogP contribution in [0, 0.1) is 0 Å². The molecule has 2 aromatic carbocycles. The Balaban J connectivity index is 1.38. The van der Waals surface area contributed by atoms with Gasteiger partial charge in [0.1, 0.15) is 18.1 Å². The van der Waals surface area contributed by atoms with E-state index in [0.717, 1.165) is 11.1 Å². The molecule has 6 nitrogen and oxygen atoms in total. The van der Waals surface area contributed by atoms with Crippen LogP contribution in [-0.2, 0) is 10.2 Å². The second-order valence-electron chi connectivity index (χ2n) is 8.39. The van der Waals surface area contributed by atoms with Gasteiger partial charge in [0.2, 0.25) is 6.10 Å². The van der Waals surface area contributed by atoms with Crippen molar-refractivity contribution in [2.75, 3.05) is 6.61 Å². The van der Waals surface area contributed by atoms with Crippen LogP contribution in [0.2, 0.25) is 10.0 Å². The van der Waals surface area contributed by atoms with Gasteiger partial charge in [0, 0.05) is 5.56 Å². The van der Waals surface area contributed by atoms with Crippen LogP contribution in [-0.4, -0.2) is 24.8 Å². The van der Waals surface area contributed by atoms with Crippen molar-refractivity contribution in [2.24, 2.45) is 5.10 Å². The highest BCUT2D eigenvalue weighted by Crippen LogP contribution is 2.36. The Morgan fingerprint density at radius 1 is 1.06 bits per heavy atom. The fraction of sp³-hybridized carbons (Fsp3) is 0.250. The molecule has 0 bridgehead atoms. The first-order valence-electron chi connectivity index (χ1n) is 10.0. The number of amides is 1. The SMILES string of the molecule is CC(C)(C)c1ccc2c(c1)O[C@H](C(=O)N/N=C/c1ccc(-c3ccc(Cl)c(Cl)c3)o1)CO2. The molecular formula is C24H22Cl2N2O4. The van der Waals surface area contributed by atoms with Crippen molar-refractivity contribution in [3.05, 3.63) is 69.9 Å². The van der Waals surface area contributed by atoms with Crippen LogP contribution in [0.25, 0.3) is 11.3 Å². The molecule has 0 spiro atoms. The molecule has 32 heavy (non-hydrogen) atoms. The molecule has 0 aliphatic carbocycles. The van der Waals surface area contributed by atoms with Gasteiger partial charge in [-0.1, -0.05) is 50.0 Å². The zero-order valence-corrected chi connectivity index (χ0v) is 19.3. The number of benzene rings is 2. The Morgan fingerprint density at radius 3 is 2.62 bits per heavy atom. The van der Waals surface area contributed by atoms with E-state index in [-0.39, 0.29) is 12.0 Å². The Bertz CT molecular complexity index is 1180. The van der Waals surface area contributed by atoms with Crippen molar-refractivity contribution in [2.45, 2.75) is 32.3 Å². The second kappa shape index (κ2) is 8.88. The summed E-state index contributed by atoms with van der Waals surface area (Å²) in [5.41, 5.74) is 4.30. The van der Waals surface area contributed by atoms with Gasteiger partial charge in [0.05, 0.1) is 16.3 Å². The van der Waals surface area contributed by atoms with Gasteiger partial charge < -0.3 is 13.9 Å². The predicted molar refractivity (Wildman–Crippen MR) is 125 cm³/mol. The molecule has 0 unspecified atom stereocenters. The zero-order chi connectivity index (χ0) is 22.9. The molecule has 1 aromatic heterocycles. The molecule has 3 aromatic rings. The number of halogens is 2. The Kier molecular flexibility index (Phi) is 6.17. The van der Waals surface area contributed by atoms with Crippen molar-refractivity contribution in [1.29, 1.82) is 0 Å². The topological polar surface area (TPSA) is 73.1 Å². The first-order chi connectivity index (χ1) is 15.2. The summed E-state index contributed by atoms with van der Waals surface area (Å²) < 4.78 is 17.3. The molecular weight excluding hydrogens is 451 g/mol. The van der Waals surface area contributed by atoms with E-state index in [9.17, 15) is 4.79 Å². The van der Waals surface area contributed by atoms with Crippen molar-refractivity contribution in [3.63, 3.8) is 0 Å². The molecule has 0 radical (unpaired) electrons. The molecule has 1 aliphatic heterocycles. The molecule has 166 valence electrons. The number of rotatable bonds is 4. The quantitative estimate of drug-likeness (QED) is 0.382. The molecule has 0 saturated carbocycles. The Morgan fingerprint density at radius 2 is 1.88 bits per heavy atom. The van der Waals surface area contributed by atoms with Gasteiger partial charge in [0.25, 0.3) is 5.91 Å². The summed E-state index contributed by atoms with van der Waals surface area (Å²) >= 11 is 12.0. The highest BCUT2D eigenvalue weighted by Gasteiger charge is 2.28. The predicted octanol–water partition coefficient (Wildman–Crippen LogP) is 5.84. The van der Waals surface area contributed by atoms with Gasteiger partial charge in [-0.3, -0.25) is 4.79 Å². The van der Waals surface area contributed by atoms with E-state index in [2.05, 4.69) is 31.3 Å². The van der Waals surface area contributed by atoms with E-state index in [1.54, 1.807) is 30.3 Å². The monoisotopic (exact) mass is 472 g/mol. The molecule has 2 heterocycles. The van der Waals surface area contributed by atoms with Gasteiger partial charge in [-0.05, 0) is 53.4 Å². The number of hydrogen-bond acceptors (Lipinski definition) is 5. The minimum atomic E-state index is -0.807. The number of furan rings is 1. The summed E-state index contributed by atoms with van der Waals surface area (Å²) in [6.07, 6.45) is 0.604. The van der Waals surface area contributed by atoms with E-state index >= 15 is 0 Å². The lowest BCUT2D eigenvalue weighted by molar-refractivity contribution is -0.130. The highest BCUT2D eigenvalue weighted by molar-refractivity contribution is 6.42. The average Bonchev–Trinajstić information content (AvgIpc) is 3.23. The number of nitrogens with zero attached hydrogens (tertiary/aromatic N) is 1. The molecule has 1 atom stereocenters. The lowest BCUT2D eigenvalue weighted by Crippen LogP contribution is -2.42. The fourth-order valence-corrected chi connectivity index (χ4v) is 3.42. The first kappa shape index (κ1) is 22.2. The minimum absolute atomic E-state index is 0.0445. The number of carbonyl (C=O) groups is 1. The third-order valence-corrected chi connectivity index (χ3v) is 5.70. The first-order valence-corrected chi connectivity index (χ1v) is 10.8. The van der Waals surface area contributed by atoms with Crippen LogP contribution in [0.4, 0.5) is 0 Å². The second-order valence-corrected chi connectivity index (χ2v) is 9.21. The van der Waals surface area contributed by atoms with E-state index in [1.807, 2.05) is 18.2 Å². The van der Waals surface area contributed by atoms with E-state index in [0.29, 0.717) is 33.1 Å². The fourth-order valence-electron chi connectivity index (χ4n) is 3.13. The van der Waals surface area contributed by atoms with E-state index in [1.165, 1.54) is 6.21 Å². The van der Waals surface area contributed by atoms with Crippen LogP contribution < -0.4 is 14.9 Å². The van der Waals surface area contributed by atoms with E-state index in [4.69, 9.17) is 37.1 Å². The summed E-state index contributed by atoms with van der Waals surface area (Å²) in [6.45, 7) is 6.43. The lowest BCUT2D eigenvalue weighted by Gasteiger charge is -2.27. The number of hydrazone groups is 1. The van der Waals surface area contributed by atoms with Crippen molar-refractivity contribution < 1.29 is 18.7 Å². The molecule has 1 N–H and O–H groups in total. The van der Waals surface area contributed by atoms with Crippen molar-refractivity contribution >= 4 is 35.3 Å². The molecule has 1 aliphatic rings. The Labute approximate surface area is 196 Å². The normalized spacial score (nSPS) is 15.7. The molecule has 0 fully saturated rings. The van der Waals surface area contributed by atoms with Crippen LogP contribution in [0.3, 0.4) is 0 Å². The number of fused-ring (bicyclic) bond motifs is 1. The standard InChI is InChI=1S/C24H22Cl2N2O4/c1-24(2,3)15-5-8-20-21(11-15)32-22(13-30-20)23(29)28-27-12-16-6-9-19(31-16)14-4-7-17(25)18(26)10-14/h4-12,22H,13H2,1-3H3,(H,28,29)/b27-12+/t22-/m0/s1. The molecule has 1 amide bonds. The molecule has 4 rings (SSSR count). The smallest absolute Gasteiger partial charge is 0.284 e. The summed E-state index contributed by atoms with van der Waals surface area (Å²) in [5, 5.41) is 4.88. The van der Waals surface area contributed by atoms with Crippen LogP contribution in [0.15, 0.2) is 58.0 Å². The molecule has 0 saturated heterocycles. The number of hydrogen-bond donors (Lipinski definition) is 1. The largest absolute Gasteiger partial charge is 0.485 e. The maximum atomic E-state index is 12.5. The number of carbonyl (C=O) groups excluding carboxylic acids is 1. The van der Waals surface area contributed by atoms with Crippen LogP contribution in [0.5, 0.6) is 11.5 Å². The van der Waals surface area contributed by atoms with Crippen LogP contribution >= 0.6 is 23.2 Å². The number of ether oxygens (including phenoxy) is 2. The van der Waals surface area contributed by atoms with Gasteiger partial charge in [-0.15, -0.1) is 0 Å². The highest BCUT2D eigenvalue weighted by atomic mass is 35.5. The summed E-state index contributed by atoms with van der Waals surface area (Å²) in [6, 6.07) is 14.5. The van der Waals surface area contributed by atoms with Gasteiger partial charge in [-0.2, -0.15) is 5.10 Å². The van der Waals surface area contributed by atoms with Gasteiger partial charge in [0.15, 0.2) is 11.5 Å². The van der Waals surface area contributed by atoms with Gasteiger partial charge >= 0.3 is 0 Å². The maximum absolute atomic E-state index is 12.5. The maximum Gasteiger partial charge on any atom is 0.284 e. The van der Waals surface area contributed by atoms with Crippen LogP contribution in [0.1, 0.15) is 32.1 Å². The Hall–Kier alpha value is -2.96. The third-order valence-electron chi connectivity index (χ3n) is 4.96. The van der Waals surface area contributed by atoms with Crippen molar-refractivity contribution in [3.8, 4) is 22.8 Å². The summed E-state index contributed by atoms with van der Waals surface area (Å²) in [5.74, 6) is 1.82. The van der Waals surface area contributed by atoms with E-state index < -0.39 is 12.0 Å². The zero-order valence-electron chi connectivity index (χ0n) is 17.8. The average molecular weight is 473 g/mol. The minimum Gasteiger partial charge on any atom is -0.485 e. The third kappa shape index (κ3) is 4.92. The van der Waals surface area contributed by atoms with Gasteiger partial charge in [-0.25, -0.2) is 5.43 Å². The summed E-state index contributed by atoms with van der Waals surface area (Å²) in [7, 11) is 0. The molecule has 8 heteroatoms.